The van der Waals surface area contributed by atoms with Crippen molar-refractivity contribution in [2.24, 2.45) is 0 Å². The first-order valence-corrected chi connectivity index (χ1v) is 10.3. The van der Waals surface area contributed by atoms with Crippen LogP contribution in [0.1, 0.15) is 16.0 Å². The Morgan fingerprint density at radius 2 is 2.04 bits per heavy atom. The van der Waals surface area contributed by atoms with Crippen molar-refractivity contribution >= 4 is 46.3 Å². The Morgan fingerprint density at radius 3 is 2.68 bits per heavy atom. The van der Waals surface area contributed by atoms with Gasteiger partial charge in [0.2, 0.25) is 0 Å². The van der Waals surface area contributed by atoms with Gasteiger partial charge in [0.25, 0.3) is 0 Å². The molecule has 0 bridgehead atoms. The van der Waals surface area contributed by atoms with Crippen LogP contribution in [0.15, 0.2) is 41.4 Å². The average molecular weight is 410 g/mol. The minimum atomic E-state index is 0.566. The summed E-state index contributed by atoms with van der Waals surface area (Å²) in [4.78, 5) is 1.30. The lowest BCUT2D eigenvalue weighted by atomic mass is 10.1. The van der Waals surface area contributed by atoms with Crippen molar-refractivity contribution in [3.05, 3.63) is 62.3 Å². The van der Waals surface area contributed by atoms with Gasteiger partial charge in [0.05, 0.1) is 10.0 Å². The highest BCUT2D eigenvalue weighted by Crippen LogP contribution is 2.33. The summed E-state index contributed by atoms with van der Waals surface area (Å²) in [5.41, 5.74) is 3.48. The molecule has 3 rings (SSSR count). The second-order valence-corrected chi connectivity index (χ2v) is 8.41. The average Bonchev–Trinajstić information content (AvgIpc) is 3.13. The van der Waals surface area contributed by atoms with Crippen LogP contribution in [0.25, 0.3) is 11.4 Å². The van der Waals surface area contributed by atoms with Gasteiger partial charge in [-0.3, -0.25) is 4.57 Å². The van der Waals surface area contributed by atoms with Gasteiger partial charge in [-0.15, -0.1) is 28.1 Å². The van der Waals surface area contributed by atoms with Crippen LogP contribution in [0.2, 0.25) is 10.0 Å². The number of hydrogen-bond donors (Lipinski definition) is 0. The zero-order chi connectivity index (χ0) is 18.0. The van der Waals surface area contributed by atoms with Crippen LogP contribution in [0.3, 0.4) is 0 Å². The monoisotopic (exact) mass is 409 g/mol. The number of allylic oxidation sites excluding steroid dienone is 1. The fourth-order valence-electron chi connectivity index (χ4n) is 2.40. The summed E-state index contributed by atoms with van der Waals surface area (Å²) in [5.74, 6) is 1.63. The minimum absolute atomic E-state index is 0.566. The summed E-state index contributed by atoms with van der Waals surface area (Å²) in [7, 11) is 0. The highest BCUT2D eigenvalue weighted by Gasteiger charge is 2.17. The molecule has 2 aromatic heterocycles. The highest BCUT2D eigenvalue weighted by atomic mass is 35.5. The van der Waals surface area contributed by atoms with Crippen LogP contribution < -0.4 is 0 Å². The van der Waals surface area contributed by atoms with E-state index < -0.39 is 0 Å². The van der Waals surface area contributed by atoms with Crippen LogP contribution >= 0.6 is 46.3 Å². The number of nitrogens with zero attached hydrogens (tertiary/aromatic N) is 3. The maximum absolute atomic E-state index is 6.09. The van der Waals surface area contributed by atoms with Crippen LogP contribution in [0.4, 0.5) is 0 Å². The molecule has 7 heteroatoms. The molecule has 0 fully saturated rings. The molecular weight excluding hydrogens is 393 g/mol. The van der Waals surface area contributed by atoms with Crippen LogP contribution in [-0.4, -0.2) is 14.8 Å². The van der Waals surface area contributed by atoms with E-state index in [0.29, 0.717) is 16.6 Å². The molecule has 0 radical (unpaired) electrons. The molecule has 0 unspecified atom stereocenters. The van der Waals surface area contributed by atoms with E-state index in [1.54, 1.807) is 23.1 Å². The molecular formula is C18H17Cl2N3S2. The summed E-state index contributed by atoms with van der Waals surface area (Å²) in [6.45, 7) is 8.77. The molecule has 0 aliphatic rings. The highest BCUT2D eigenvalue weighted by molar-refractivity contribution is 7.98. The molecule has 1 aromatic carbocycles. The summed E-state index contributed by atoms with van der Waals surface area (Å²) >= 11 is 15.4. The number of thioether (sulfide) groups is 1. The van der Waals surface area contributed by atoms with E-state index in [0.717, 1.165) is 27.9 Å². The zero-order valence-corrected chi connectivity index (χ0v) is 17.1. The number of hydrogen-bond acceptors (Lipinski definition) is 4. The van der Waals surface area contributed by atoms with Crippen molar-refractivity contribution in [2.45, 2.75) is 31.3 Å². The predicted octanol–water partition coefficient (Wildman–Crippen LogP) is 6.41. The largest absolute Gasteiger partial charge is 0.298 e. The van der Waals surface area contributed by atoms with Crippen LogP contribution in [0, 0.1) is 13.8 Å². The standard InChI is InChI=1S/C18H17Cl2N3S2/c1-4-7-23-17(14-10-24-12(3)11(14)2)21-22-18(23)25-9-13-5-6-15(19)16(20)8-13/h4-6,8,10H,1,7,9H2,2-3H3. The molecule has 2 heterocycles. The van der Waals surface area contributed by atoms with Crippen molar-refractivity contribution in [1.82, 2.24) is 14.8 Å². The number of thiophene rings is 1. The maximum Gasteiger partial charge on any atom is 0.192 e. The molecule has 0 amide bonds. The van der Waals surface area contributed by atoms with E-state index in [9.17, 15) is 0 Å². The normalized spacial score (nSPS) is 11.0. The smallest absolute Gasteiger partial charge is 0.192 e. The van der Waals surface area contributed by atoms with Gasteiger partial charge in [0, 0.05) is 28.1 Å². The van der Waals surface area contributed by atoms with Gasteiger partial charge >= 0.3 is 0 Å². The molecule has 0 aliphatic heterocycles. The third-order valence-electron chi connectivity index (χ3n) is 3.91. The van der Waals surface area contributed by atoms with Gasteiger partial charge in [-0.1, -0.05) is 47.1 Å². The Labute approximate surface area is 165 Å². The Kier molecular flexibility index (Phi) is 5.89. The fourth-order valence-corrected chi connectivity index (χ4v) is 4.47. The van der Waals surface area contributed by atoms with Gasteiger partial charge in [-0.25, -0.2) is 0 Å². The van der Waals surface area contributed by atoms with E-state index in [4.69, 9.17) is 23.2 Å². The van der Waals surface area contributed by atoms with Crippen molar-refractivity contribution in [1.29, 1.82) is 0 Å². The van der Waals surface area contributed by atoms with E-state index in [-0.39, 0.29) is 0 Å². The summed E-state index contributed by atoms with van der Waals surface area (Å²) in [5, 5.41) is 13.0. The number of benzene rings is 1. The summed E-state index contributed by atoms with van der Waals surface area (Å²) in [6.07, 6.45) is 1.87. The molecule has 0 saturated carbocycles. The number of rotatable bonds is 6. The van der Waals surface area contributed by atoms with E-state index in [1.807, 2.05) is 24.3 Å². The van der Waals surface area contributed by atoms with Crippen LogP contribution in [-0.2, 0) is 12.3 Å². The van der Waals surface area contributed by atoms with E-state index >= 15 is 0 Å². The van der Waals surface area contributed by atoms with Gasteiger partial charge < -0.3 is 0 Å². The second-order valence-electron chi connectivity index (χ2n) is 5.57. The Hall–Kier alpha value is -1.27. The molecule has 0 atom stereocenters. The van der Waals surface area contributed by atoms with Crippen molar-refractivity contribution in [2.75, 3.05) is 0 Å². The summed E-state index contributed by atoms with van der Waals surface area (Å²) in [6, 6.07) is 5.68. The molecule has 0 saturated heterocycles. The first-order valence-electron chi connectivity index (χ1n) is 7.67. The third-order valence-corrected chi connectivity index (χ3v) is 6.70. The van der Waals surface area contributed by atoms with E-state index in [2.05, 4.69) is 40.6 Å². The number of aromatic nitrogens is 3. The fraction of sp³-hybridized carbons (Fsp3) is 0.222. The quantitative estimate of drug-likeness (QED) is 0.348. The predicted molar refractivity (Wildman–Crippen MR) is 109 cm³/mol. The zero-order valence-electron chi connectivity index (χ0n) is 13.9. The molecule has 130 valence electrons. The number of halogens is 2. The number of aryl methyl sites for hydroxylation is 1. The lowest BCUT2D eigenvalue weighted by Gasteiger charge is -2.08. The molecule has 0 aliphatic carbocycles. The summed E-state index contributed by atoms with van der Waals surface area (Å²) < 4.78 is 2.10. The van der Waals surface area contributed by atoms with Crippen LogP contribution in [0.5, 0.6) is 0 Å². The van der Waals surface area contributed by atoms with Gasteiger partial charge in [0.15, 0.2) is 11.0 Å². The molecule has 3 nitrogen and oxygen atoms in total. The molecule has 0 N–H and O–H groups in total. The van der Waals surface area contributed by atoms with Crippen molar-refractivity contribution in [3.8, 4) is 11.4 Å². The minimum Gasteiger partial charge on any atom is -0.298 e. The van der Waals surface area contributed by atoms with Crippen molar-refractivity contribution in [3.63, 3.8) is 0 Å². The molecule has 3 aromatic rings. The first kappa shape index (κ1) is 18.5. The molecule has 25 heavy (non-hydrogen) atoms. The Morgan fingerprint density at radius 1 is 1.24 bits per heavy atom. The second kappa shape index (κ2) is 7.96. The molecule has 0 spiro atoms. The first-order chi connectivity index (χ1) is 12.0. The van der Waals surface area contributed by atoms with Gasteiger partial charge in [0.1, 0.15) is 0 Å². The van der Waals surface area contributed by atoms with Gasteiger partial charge in [-0.05, 0) is 37.1 Å². The van der Waals surface area contributed by atoms with Gasteiger partial charge in [-0.2, -0.15) is 0 Å². The SMILES string of the molecule is C=CCn1c(SCc2ccc(Cl)c(Cl)c2)nnc1-c1csc(C)c1C. The topological polar surface area (TPSA) is 30.7 Å². The van der Waals surface area contributed by atoms with E-state index in [1.165, 1.54) is 10.4 Å². The van der Waals surface area contributed by atoms with Crippen molar-refractivity contribution < 1.29 is 0 Å². The maximum atomic E-state index is 6.09. The Bertz CT molecular complexity index is 915. The lowest BCUT2D eigenvalue weighted by molar-refractivity contribution is 0.731. The third kappa shape index (κ3) is 3.95. The Balaban J connectivity index is 1.87. The lowest BCUT2D eigenvalue weighted by Crippen LogP contribution is -2.01.